The standard InChI is InChI=1S/C19H29N3O3/c1-3-7-21(8-4-2)17-13-16(14-20-15-17)18(23)22-9-5-19(6-10-22)24-11-12-25-19/h13-15H,3-12H2,1-2H3. The third-order valence-corrected chi connectivity index (χ3v) is 4.95. The van der Waals surface area contributed by atoms with E-state index in [1.807, 2.05) is 17.2 Å². The van der Waals surface area contributed by atoms with Crippen LogP contribution < -0.4 is 4.90 Å². The zero-order valence-corrected chi connectivity index (χ0v) is 15.4. The molecule has 1 amide bonds. The molecule has 6 heteroatoms. The fourth-order valence-electron chi connectivity index (χ4n) is 3.65. The molecular weight excluding hydrogens is 318 g/mol. The number of nitrogens with zero attached hydrogens (tertiary/aromatic N) is 3. The Labute approximate surface area is 150 Å². The first kappa shape index (κ1) is 18.1. The Hall–Kier alpha value is -1.66. The normalized spacial score (nSPS) is 19.4. The maximum Gasteiger partial charge on any atom is 0.255 e. The number of piperidine rings is 1. The summed E-state index contributed by atoms with van der Waals surface area (Å²) in [6.07, 6.45) is 7.16. The van der Waals surface area contributed by atoms with E-state index in [0.717, 1.165) is 44.5 Å². The molecule has 2 aliphatic rings. The van der Waals surface area contributed by atoms with Crippen molar-refractivity contribution in [3.8, 4) is 0 Å². The molecule has 0 bridgehead atoms. The lowest BCUT2D eigenvalue weighted by Crippen LogP contribution is -2.47. The summed E-state index contributed by atoms with van der Waals surface area (Å²) in [5.74, 6) is -0.397. The van der Waals surface area contributed by atoms with Crippen molar-refractivity contribution in [3.05, 3.63) is 24.0 Å². The predicted molar refractivity (Wildman–Crippen MR) is 96.8 cm³/mol. The SMILES string of the molecule is CCCN(CCC)c1cncc(C(=O)N2CCC3(CC2)OCCO3)c1. The number of likely N-dealkylation sites (tertiary alicyclic amines) is 1. The fraction of sp³-hybridized carbons (Fsp3) is 0.684. The first-order valence-electron chi connectivity index (χ1n) is 9.44. The van der Waals surface area contributed by atoms with Crippen molar-refractivity contribution in [2.75, 3.05) is 44.3 Å². The van der Waals surface area contributed by atoms with Crippen LogP contribution in [-0.2, 0) is 9.47 Å². The van der Waals surface area contributed by atoms with Crippen LogP contribution in [0.5, 0.6) is 0 Å². The Bertz CT molecular complexity index is 571. The van der Waals surface area contributed by atoms with E-state index in [1.54, 1.807) is 6.20 Å². The van der Waals surface area contributed by atoms with Crippen LogP contribution in [0, 0.1) is 0 Å². The summed E-state index contributed by atoms with van der Waals surface area (Å²) in [6.45, 7) is 8.94. The molecule has 3 rings (SSSR count). The Morgan fingerprint density at radius 2 is 1.80 bits per heavy atom. The summed E-state index contributed by atoms with van der Waals surface area (Å²) in [4.78, 5) is 21.4. The highest BCUT2D eigenvalue weighted by Gasteiger charge is 2.40. The minimum atomic E-state index is -0.448. The molecule has 2 saturated heterocycles. The van der Waals surface area contributed by atoms with Gasteiger partial charge in [-0.25, -0.2) is 0 Å². The molecule has 1 spiro atoms. The second-order valence-corrected chi connectivity index (χ2v) is 6.82. The number of rotatable bonds is 6. The summed E-state index contributed by atoms with van der Waals surface area (Å²) >= 11 is 0. The van der Waals surface area contributed by atoms with Gasteiger partial charge < -0.3 is 19.3 Å². The topological polar surface area (TPSA) is 54.9 Å². The van der Waals surface area contributed by atoms with E-state index in [9.17, 15) is 4.79 Å². The second kappa shape index (κ2) is 8.15. The maximum atomic E-state index is 12.9. The Kier molecular flexibility index (Phi) is 5.91. The van der Waals surface area contributed by atoms with Gasteiger partial charge in [0, 0.05) is 45.2 Å². The van der Waals surface area contributed by atoms with E-state index in [-0.39, 0.29) is 5.91 Å². The van der Waals surface area contributed by atoms with E-state index >= 15 is 0 Å². The number of amides is 1. The van der Waals surface area contributed by atoms with E-state index < -0.39 is 5.79 Å². The third kappa shape index (κ3) is 4.12. The maximum absolute atomic E-state index is 12.9. The Balaban J connectivity index is 1.67. The fourth-order valence-corrected chi connectivity index (χ4v) is 3.65. The molecule has 6 nitrogen and oxygen atoms in total. The highest BCUT2D eigenvalue weighted by molar-refractivity contribution is 5.94. The van der Waals surface area contributed by atoms with Gasteiger partial charge in [-0.3, -0.25) is 9.78 Å². The summed E-state index contributed by atoms with van der Waals surface area (Å²) < 4.78 is 11.5. The van der Waals surface area contributed by atoms with Crippen molar-refractivity contribution >= 4 is 11.6 Å². The number of aromatic nitrogens is 1. The van der Waals surface area contributed by atoms with Gasteiger partial charge >= 0.3 is 0 Å². The van der Waals surface area contributed by atoms with E-state index in [0.29, 0.717) is 31.9 Å². The highest BCUT2D eigenvalue weighted by Crippen LogP contribution is 2.31. The zero-order chi connectivity index (χ0) is 17.7. The van der Waals surface area contributed by atoms with Gasteiger partial charge in [0.05, 0.1) is 30.7 Å². The molecule has 0 radical (unpaired) electrons. The quantitative estimate of drug-likeness (QED) is 0.792. The molecule has 138 valence electrons. The lowest BCUT2D eigenvalue weighted by Gasteiger charge is -2.37. The van der Waals surface area contributed by atoms with Crippen molar-refractivity contribution < 1.29 is 14.3 Å². The van der Waals surface area contributed by atoms with Gasteiger partial charge in [0.1, 0.15) is 0 Å². The summed E-state index contributed by atoms with van der Waals surface area (Å²) in [5, 5.41) is 0. The number of ether oxygens (including phenoxy) is 2. The molecule has 1 aromatic rings. The first-order chi connectivity index (χ1) is 12.2. The van der Waals surface area contributed by atoms with Gasteiger partial charge in [-0.1, -0.05) is 13.8 Å². The molecule has 0 saturated carbocycles. The van der Waals surface area contributed by atoms with Crippen LogP contribution >= 0.6 is 0 Å². The highest BCUT2D eigenvalue weighted by atomic mass is 16.7. The predicted octanol–water partition coefficient (Wildman–Crippen LogP) is 2.69. The van der Waals surface area contributed by atoms with Crippen molar-refractivity contribution in [3.63, 3.8) is 0 Å². The van der Waals surface area contributed by atoms with Crippen molar-refractivity contribution in [2.24, 2.45) is 0 Å². The van der Waals surface area contributed by atoms with Crippen molar-refractivity contribution in [2.45, 2.75) is 45.3 Å². The van der Waals surface area contributed by atoms with Crippen LogP contribution in [0.25, 0.3) is 0 Å². The van der Waals surface area contributed by atoms with Crippen LogP contribution in [-0.4, -0.2) is 61.0 Å². The van der Waals surface area contributed by atoms with Crippen LogP contribution in [0.4, 0.5) is 5.69 Å². The van der Waals surface area contributed by atoms with Crippen molar-refractivity contribution in [1.82, 2.24) is 9.88 Å². The molecule has 25 heavy (non-hydrogen) atoms. The number of hydrogen-bond acceptors (Lipinski definition) is 5. The summed E-state index contributed by atoms with van der Waals surface area (Å²) in [5.41, 5.74) is 1.70. The number of anilines is 1. The minimum Gasteiger partial charge on any atom is -0.370 e. The molecule has 0 aromatic carbocycles. The largest absolute Gasteiger partial charge is 0.370 e. The molecule has 0 atom stereocenters. The van der Waals surface area contributed by atoms with Crippen LogP contribution in [0.2, 0.25) is 0 Å². The van der Waals surface area contributed by atoms with E-state index in [2.05, 4.69) is 23.7 Å². The smallest absolute Gasteiger partial charge is 0.255 e. The Morgan fingerprint density at radius 1 is 1.16 bits per heavy atom. The average Bonchev–Trinajstić information content (AvgIpc) is 3.10. The van der Waals surface area contributed by atoms with Crippen LogP contribution in [0.15, 0.2) is 18.5 Å². The monoisotopic (exact) mass is 347 g/mol. The van der Waals surface area contributed by atoms with Crippen LogP contribution in [0.3, 0.4) is 0 Å². The average molecular weight is 347 g/mol. The zero-order valence-electron chi connectivity index (χ0n) is 15.4. The van der Waals surface area contributed by atoms with Crippen molar-refractivity contribution in [1.29, 1.82) is 0 Å². The lowest BCUT2D eigenvalue weighted by molar-refractivity contribution is -0.181. The van der Waals surface area contributed by atoms with Gasteiger partial charge in [-0.2, -0.15) is 0 Å². The number of pyridine rings is 1. The molecule has 0 unspecified atom stereocenters. The summed E-state index contributed by atoms with van der Waals surface area (Å²) in [7, 11) is 0. The Morgan fingerprint density at radius 3 is 2.40 bits per heavy atom. The van der Waals surface area contributed by atoms with Gasteiger partial charge in [0.25, 0.3) is 5.91 Å². The van der Waals surface area contributed by atoms with Gasteiger partial charge in [-0.05, 0) is 18.9 Å². The molecule has 2 aliphatic heterocycles. The van der Waals surface area contributed by atoms with Gasteiger partial charge in [-0.15, -0.1) is 0 Å². The number of carbonyl (C=O) groups is 1. The second-order valence-electron chi connectivity index (χ2n) is 6.82. The molecule has 1 aromatic heterocycles. The number of carbonyl (C=O) groups excluding carboxylic acids is 1. The number of hydrogen-bond donors (Lipinski definition) is 0. The molecular formula is C19H29N3O3. The molecule has 0 aliphatic carbocycles. The first-order valence-corrected chi connectivity index (χ1v) is 9.44. The minimum absolute atomic E-state index is 0.0511. The van der Waals surface area contributed by atoms with Gasteiger partial charge in [0.15, 0.2) is 5.79 Å². The third-order valence-electron chi connectivity index (χ3n) is 4.95. The molecule has 3 heterocycles. The van der Waals surface area contributed by atoms with E-state index in [1.165, 1.54) is 0 Å². The molecule has 0 N–H and O–H groups in total. The molecule has 2 fully saturated rings. The summed E-state index contributed by atoms with van der Waals surface area (Å²) in [6, 6.07) is 1.98. The lowest BCUT2D eigenvalue weighted by atomic mass is 10.0. The van der Waals surface area contributed by atoms with Crippen LogP contribution in [0.1, 0.15) is 49.9 Å². The van der Waals surface area contributed by atoms with E-state index in [4.69, 9.17) is 9.47 Å². The van der Waals surface area contributed by atoms with Gasteiger partial charge in [0.2, 0.25) is 0 Å².